The van der Waals surface area contributed by atoms with Gasteiger partial charge in [-0.1, -0.05) is 17.4 Å². The van der Waals surface area contributed by atoms with Gasteiger partial charge in [-0.2, -0.15) is 4.99 Å². The minimum atomic E-state index is -0.421. The Morgan fingerprint density at radius 3 is 2.96 bits per heavy atom. The summed E-state index contributed by atoms with van der Waals surface area (Å²) in [4.78, 5) is 17.1. The number of furan rings is 1. The van der Waals surface area contributed by atoms with Crippen LogP contribution in [0.4, 0.5) is 0 Å². The lowest BCUT2D eigenvalue weighted by Crippen LogP contribution is -2.16. The number of thiazole rings is 1. The molecule has 0 aliphatic rings. The van der Waals surface area contributed by atoms with E-state index in [-0.39, 0.29) is 5.76 Å². The van der Waals surface area contributed by atoms with Crippen molar-refractivity contribution in [2.45, 2.75) is 13.5 Å². The number of hydrogen-bond donors (Lipinski definition) is 0. The van der Waals surface area contributed by atoms with Gasteiger partial charge in [0.1, 0.15) is 5.75 Å². The highest BCUT2D eigenvalue weighted by Crippen LogP contribution is 2.23. The number of carbonyl (C=O) groups excluding carboxylic acids is 1. The van der Waals surface area contributed by atoms with Crippen molar-refractivity contribution in [3.05, 3.63) is 58.2 Å². The molecule has 2 heterocycles. The molecule has 3 aromatic rings. The van der Waals surface area contributed by atoms with Gasteiger partial charge in [0, 0.05) is 6.54 Å². The van der Waals surface area contributed by atoms with Crippen LogP contribution in [0.3, 0.4) is 0 Å². The van der Waals surface area contributed by atoms with Crippen LogP contribution in [0.1, 0.15) is 17.5 Å². The van der Waals surface area contributed by atoms with Crippen LogP contribution in [0, 0.1) is 0 Å². The van der Waals surface area contributed by atoms with Crippen LogP contribution in [-0.2, 0) is 6.54 Å². The lowest BCUT2D eigenvalue weighted by molar-refractivity contribution is 0.0970. The molecule has 0 atom stereocenters. The lowest BCUT2D eigenvalue weighted by atomic mass is 10.3. The van der Waals surface area contributed by atoms with E-state index in [1.165, 1.54) is 11.3 Å². The van der Waals surface area contributed by atoms with Crippen LogP contribution in [-0.4, -0.2) is 17.1 Å². The van der Waals surface area contributed by atoms with Gasteiger partial charge in [-0.15, -0.1) is 6.58 Å². The molecule has 0 radical (unpaired) electrons. The molecular weight excluding hydrogens is 392 g/mol. The molecule has 2 aromatic heterocycles. The highest BCUT2D eigenvalue weighted by molar-refractivity contribution is 9.10. The first-order valence-corrected chi connectivity index (χ1v) is 8.94. The summed E-state index contributed by atoms with van der Waals surface area (Å²) in [6.45, 7) is 6.88. The van der Waals surface area contributed by atoms with E-state index in [1.807, 2.05) is 29.7 Å². The van der Waals surface area contributed by atoms with Crippen molar-refractivity contribution >= 4 is 43.4 Å². The van der Waals surface area contributed by atoms with E-state index in [1.54, 1.807) is 18.2 Å². The maximum absolute atomic E-state index is 12.3. The van der Waals surface area contributed by atoms with Crippen LogP contribution in [0.15, 0.2) is 57.1 Å². The number of ether oxygens (including phenoxy) is 1. The number of amides is 1. The van der Waals surface area contributed by atoms with Crippen molar-refractivity contribution in [3.63, 3.8) is 0 Å². The fourth-order valence-electron chi connectivity index (χ4n) is 2.27. The average Bonchev–Trinajstić information content (AvgIpc) is 3.12. The minimum absolute atomic E-state index is 0.194. The van der Waals surface area contributed by atoms with Gasteiger partial charge in [0.2, 0.25) is 0 Å². The van der Waals surface area contributed by atoms with Gasteiger partial charge in [0.25, 0.3) is 0 Å². The second kappa shape index (κ2) is 7.19. The molecule has 0 saturated heterocycles. The fraction of sp³-hybridized carbons (Fsp3) is 0.176. The van der Waals surface area contributed by atoms with Crippen molar-refractivity contribution in [3.8, 4) is 5.75 Å². The molecule has 1 aromatic carbocycles. The van der Waals surface area contributed by atoms with Crippen LogP contribution < -0.4 is 9.54 Å². The molecule has 3 rings (SSSR count). The molecule has 5 nitrogen and oxygen atoms in total. The van der Waals surface area contributed by atoms with Crippen molar-refractivity contribution in [1.82, 2.24) is 4.57 Å². The third-order valence-corrected chi connectivity index (χ3v) is 4.73. The quantitative estimate of drug-likeness (QED) is 0.590. The molecule has 24 heavy (non-hydrogen) atoms. The predicted octanol–water partition coefficient (Wildman–Crippen LogP) is 4.38. The summed E-state index contributed by atoms with van der Waals surface area (Å²) in [6.07, 6.45) is 1.77. The number of benzene rings is 1. The Morgan fingerprint density at radius 2 is 2.29 bits per heavy atom. The zero-order valence-electron chi connectivity index (χ0n) is 13.0. The van der Waals surface area contributed by atoms with Gasteiger partial charge in [0.05, 0.1) is 16.8 Å². The number of rotatable bonds is 5. The molecule has 0 spiro atoms. The third-order valence-electron chi connectivity index (χ3n) is 3.26. The van der Waals surface area contributed by atoms with Crippen molar-refractivity contribution in [2.24, 2.45) is 4.99 Å². The molecule has 7 heteroatoms. The Hall–Kier alpha value is -2.12. The standard InChI is InChI=1S/C17H15BrN2O3S/c1-3-9-20-12-6-5-11(22-4-2)10-14(12)24-17(20)19-16(21)13-7-8-15(18)23-13/h3,5-8,10H,1,4,9H2,2H3. The number of allylic oxidation sites excluding steroid dienone is 1. The predicted molar refractivity (Wildman–Crippen MR) is 97.5 cm³/mol. The summed E-state index contributed by atoms with van der Waals surface area (Å²) in [5.41, 5.74) is 0.982. The molecule has 0 N–H and O–H groups in total. The number of nitrogens with zero attached hydrogens (tertiary/aromatic N) is 2. The topological polar surface area (TPSA) is 56.7 Å². The number of fused-ring (bicyclic) bond motifs is 1. The summed E-state index contributed by atoms with van der Waals surface area (Å²) in [7, 11) is 0. The van der Waals surface area contributed by atoms with Gasteiger partial charge in [-0.25, -0.2) is 0 Å². The van der Waals surface area contributed by atoms with Gasteiger partial charge < -0.3 is 13.7 Å². The Kier molecular flexibility index (Phi) is 5.01. The first kappa shape index (κ1) is 16.7. The van der Waals surface area contributed by atoms with Crippen LogP contribution in [0.5, 0.6) is 5.75 Å². The molecule has 0 unspecified atom stereocenters. The van der Waals surface area contributed by atoms with Gasteiger partial charge in [0.15, 0.2) is 15.2 Å². The summed E-state index contributed by atoms with van der Waals surface area (Å²) >= 11 is 4.61. The van der Waals surface area contributed by atoms with E-state index < -0.39 is 5.91 Å². The summed E-state index contributed by atoms with van der Waals surface area (Å²) < 4.78 is 14.2. The Morgan fingerprint density at radius 1 is 1.46 bits per heavy atom. The Bertz CT molecular complexity index is 968. The van der Waals surface area contributed by atoms with Gasteiger partial charge in [-0.05, 0) is 53.2 Å². The number of halogens is 1. The van der Waals surface area contributed by atoms with E-state index in [2.05, 4.69) is 27.5 Å². The number of carbonyl (C=O) groups is 1. The zero-order chi connectivity index (χ0) is 17.1. The molecule has 0 fully saturated rings. The first-order valence-electron chi connectivity index (χ1n) is 7.34. The van der Waals surface area contributed by atoms with Crippen LogP contribution in [0.25, 0.3) is 10.2 Å². The highest BCUT2D eigenvalue weighted by Gasteiger charge is 2.12. The van der Waals surface area contributed by atoms with E-state index in [9.17, 15) is 4.79 Å². The fourth-order valence-corrected chi connectivity index (χ4v) is 3.64. The summed E-state index contributed by atoms with van der Waals surface area (Å²) in [5, 5.41) is 0. The second-order valence-corrected chi connectivity index (χ2v) is 6.66. The molecule has 0 aliphatic carbocycles. The molecule has 1 amide bonds. The SMILES string of the molecule is C=CCn1c(=NC(=O)c2ccc(Br)o2)sc2cc(OCC)ccc21. The van der Waals surface area contributed by atoms with Crippen molar-refractivity contribution in [1.29, 1.82) is 0 Å². The minimum Gasteiger partial charge on any atom is -0.494 e. The molecular formula is C17H15BrN2O3S. The third kappa shape index (κ3) is 3.37. The lowest BCUT2D eigenvalue weighted by Gasteiger charge is -2.04. The summed E-state index contributed by atoms with van der Waals surface area (Å²) in [6, 6.07) is 9.09. The smallest absolute Gasteiger partial charge is 0.315 e. The maximum Gasteiger partial charge on any atom is 0.315 e. The highest BCUT2D eigenvalue weighted by atomic mass is 79.9. The molecule has 0 aliphatic heterocycles. The van der Waals surface area contributed by atoms with Crippen LogP contribution in [0.2, 0.25) is 0 Å². The first-order chi connectivity index (χ1) is 11.6. The van der Waals surface area contributed by atoms with E-state index in [0.29, 0.717) is 22.6 Å². The average molecular weight is 407 g/mol. The number of aromatic nitrogens is 1. The van der Waals surface area contributed by atoms with Gasteiger partial charge >= 0.3 is 5.91 Å². The van der Waals surface area contributed by atoms with E-state index >= 15 is 0 Å². The number of hydrogen-bond acceptors (Lipinski definition) is 4. The normalized spacial score (nSPS) is 11.8. The van der Waals surface area contributed by atoms with Crippen molar-refractivity contribution in [2.75, 3.05) is 6.61 Å². The molecule has 0 saturated carbocycles. The maximum atomic E-state index is 12.3. The Balaban J connectivity index is 2.11. The monoisotopic (exact) mass is 406 g/mol. The molecule has 0 bridgehead atoms. The zero-order valence-corrected chi connectivity index (χ0v) is 15.4. The second-order valence-electron chi connectivity index (χ2n) is 4.87. The Labute approximate surface area is 151 Å². The summed E-state index contributed by atoms with van der Waals surface area (Å²) in [5.74, 6) is 0.569. The largest absolute Gasteiger partial charge is 0.494 e. The van der Waals surface area contributed by atoms with E-state index in [4.69, 9.17) is 9.15 Å². The molecule has 124 valence electrons. The van der Waals surface area contributed by atoms with Crippen LogP contribution >= 0.6 is 27.3 Å². The van der Waals surface area contributed by atoms with Gasteiger partial charge in [-0.3, -0.25) is 4.79 Å². The van der Waals surface area contributed by atoms with E-state index in [0.717, 1.165) is 16.0 Å². The van der Waals surface area contributed by atoms with Crippen molar-refractivity contribution < 1.29 is 13.9 Å².